The van der Waals surface area contributed by atoms with E-state index in [0.717, 1.165) is 56.3 Å². The molecule has 20 atom stereocenters. The predicted molar refractivity (Wildman–Crippen MR) is 428 cm³/mol. The van der Waals surface area contributed by atoms with Crippen molar-refractivity contribution in [3.8, 4) is 22.5 Å². The van der Waals surface area contributed by atoms with Crippen LogP contribution in [0, 0.1) is 51.4 Å². The summed E-state index contributed by atoms with van der Waals surface area (Å²) in [7, 11) is 12.2. The average molecular weight is 1630 g/mol. The normalized spacial score (nSPS) is 28.4. The summed E-state index contributed by atoms with van der Waals surface area (Å²) in [5, 5.41) is 79.3. The second-order valence-electron chi connectivity index (χ2n) is 32.2. The first kappa shape index (κ1) is 96.1. The van der Waals surface area contributed by atoms with E-state index in [0.29, 0.717) is 19.3 Å². The largest absolute Gasteiger partial charge is 0.479 e. The van der Waals surface area contributed by atoms with Crippen molar-refractivity contribution in [1.29, 1.82) is 0 Å². The molecule has 31 nitrogen and oxygen atoms in total. The van der Waals surface area contributed by atoms with Gasteiger partial charge >= 0.3 is 29.8 Å². The number of hydrogen-bond acceptors (Lipinski definition) is 25. The molecule has 31 heteroatoms. The van der Waals surface area contributed by atoms with Gasteiger partial charge in [0.05, 0.1) is 109 Å². The van der Waals surface area contributed by atoms with E-state index >= 15 is 0 Å². The number of nitrogens with zero attached hydrogens (tertiary/aromatic N) is 7. The number of aliphatic carboxylic acids is 2. The fourth-order valence-electron chi connectivity index (χ4n) is 14.7. The smallest absolute Gasteiger partial charge is 0.335 e. The number of cyclic esters (lactones) is 1. The van der Waals surface area contributed by atoms with Crippen molar-refractivity contribution < 1.29 is 117 Å². The zero-order valence-corrected chi connectivity index (χ0v) is 71.0. The molecule has 116 heavy (non-hydrogen) atoms. The first-order chi connectivity index (χ1) is 54.1. The number of ether oxygens (including phenoxy) is 8. The molecule has 3 fully saturated rings. The summed E-state index contributed by atoms with van der Waals surface area (Å²) < 4.78 is 52.8. The number of hydrogen-bond donors (Lipinski definition) is 8. The molecule has 7 heterocycles. The molecule has 2 unspecified atom stereocenters. The Balaban J connectivity index is 0.000000299. The molecule has 0 saturated carbocycles. The van der Waals surface area contributed by atoms with Gasteiger partial charge in [0.25, 0.3) is 0 Å². The first-order valence-electron chi connectivity index (χ1n) is 39.2. The number of carbonyl (C=O) groups is 8. The minimum Gasteiger partial charge on any atom is -0.479 e. The van der Waals surface area contributed by atoms with Crippen LogP contribution >= 0.6 is 0 Å². The van der Waals surface area contributed by atoms with Gasteiger partial charge in [-0.25, -0.2) is 19.6 Å². The molecule has 3 aliphatic heterocycles. The summed E-state index contributed by atoms with van der Waals surface area (Å²) in [6, 6.07) is 24.2. The molecule has 0 spiro atoms. The van der Waals surface area contributed by atoms with E-state index in [2.05, 4.69) is 62.4 Å². The summed E-state index contributed by atoms with van der Waals surface area (Å²) in [4.78, 5) is 112. The van der Waals surface area contributed by atoms with Crippen molar-refractivity contribution in [2.45, 2.75) is 252 Å². The Bertz CT molecular complexity index is 4150. The lowest BCUT2D eigenvalue weighted by atomic mass is 9.74. The summed E-state index contributed by atoms with van der Waals surface area (Å²) >= 11 is 0. The number of aryl methyl sites for hydroxylation is 4. The number of aliphatic hydroxyl groups is 6. The first-order valence-corrected chi connectivity index (χ1v) is 39.2. The SMILES string of the molecule is CCOC(=O)CCC(=O)O[C@H]1[C@H](O[C@@H]2[C@@H](C)[C@H](O[C@H]3C[C@@](C)(OC)[C@@H](O)[C@H](C)O3)[C@@H](C)C(=O)O[C@H](CC)[C@@](C)(O)[C@H](O)[C@@H](C)C(=O)[C@H](C)C[C@@]2(C)O)O[C@H](C)C[C@@H]1N(C)C.Cc1ccc(-c2nc3ccc(C)cn3c2CC(=O)N(C)C)cc1.Cc1ccc(-c2nc3ccc(C)cn3c2CC(=O)N(C)C)cc1.O=C(O)C(O)C(O)C(=O)O. The summed E-state index contributed by atoms with van der Waals surface area (Å²) in [5.41, 5.74) is 7.10. The third-order valence-electron chi connectivity index (χ3n) is 21.7. The van der Waals surface area contributed by atoms with Gasteiger partial charge in [-0.1, -0.05) is 99.5 Å². The highest BCUT2D eigenvalue weighted by Crippen LogP contribution is 2.42. The Labute approximate surface area is 679 Å². The number of Topliss-reactive ketones (excluding diaryl/α,β-unsaturated/α-hetero) is 1. The van der Waals surface area contributed by atoms with Crippen LogP contribution in [-0.2, 0) is 89.1 Å². The lowest BCUT2D eigenvalue weighted by Crippen LogP contribution is -2.61. The average Bonchev–Trinajstić information content (AvgIpc) is 1.40. The molecule has 3 saturated heterocycles. The Hall–Kier alpha value is -8.70. The molecule has 2 amide bonds. The fraction of sp³-hybridized carbons (Fsp3) is 0.600. The van der Waals surface area contributed by atoms with Gasteiger partial charge in [-0.05, 0) is 133 Å². The molecule has 8 N–H and O–H groups in total. The van der Waals surface area contributed by atoms with E-state index in [1.54, 1.807) is 86.5 Å². The number of fused-ring (bicyclic) bond motifs is 2. The maximum Gasteiger partial charge on any atom is 0.335 e. The topological polar surface area (TPSA) is 417 Å². The Morgan fingerprint density at radius 3 is 1.52 bits per heavy atom. The number of carbonyl (C=O) groups excluding carboxylic acids is 6. The molecule has 4 aromatic heterocycles. The molecule has 0 radical (unpaired) electrons. The van der Waals surface area contributed by atoms with E-state index in [9.17, 15) is 58.8 Å². The van der Waals surface area contributed by atoms with Crippen molar-refractivity contribution in [2.75, 3.05) is 56.0 Å². The number of benzene rings is 2. The van der Waals surface area contributed by atoms with Crippen LogP contribution in [-0.4, -0.2) is 274 Å². The van der Waals surface area contributed by atoms with Crippen LogP contribution in [0.3, 0.4) is 0 Å². The van der Waals surface area contributed by atoms with E-state index in [-0.39, 0.29) is 50.5 Å². The van der Waals surface area contributed by atoms with E-state index in [4.69, 9.17) is 68.3 Å². The number of likely N-dealkylation sites (N-methyl/N-ethyl adjacent to an activating group) is 3. The number of pyridine rings is 2. The third kappa shape index (κ3) is 24.5. The van der Waals surface area contributed by atoms with Crippen LogP contribution in [0.25, 0.3) is 33.8 Å². The lowest BCUT2D eigenvalue weighted by Gasteiger charge is -2.49. The molecule has 6 aromatic rings. The Morgan fingerprint density at radius 1 is 0.621 bits per heavy atom. The number of esters is 3. The molecule has 2 aromatic carbocycles. The zero-order chi connectivity index (χ0) is 87.1. The van der Waals surface area contributed by atoms with Crippen molar-refractivity contribution in [2.24, 2.45) is 23.7 Å². The summed E-state index contributed by atoms with van der Waals surface area (Å²) in [5.74, 6) is -10.0. The monoisotopic (exact) mass is 1630 g/mol. The highest BCUT2D eigenvalue weighted by atomic mass is 16.7. The second-order valence-corrected chi connectivity index (χ2v) is 32.2. The number of carboxylic acids is 2. The van der Waals surface area contributed by atoms with Crippen molar-refractivity contribution in [3.63, 3.8) is 0 Å². The van der Waals surface area contributed by atoms with E-state index in [1.165, 1.54) is 39.0 Å². The van der Waals surface area contributed by atoms with Crippen LogP contribution in [0.5, 0.6) is 0 Å². The van der Waals surface area contributed by atoms with Gasteiger partial charge in [-0.3, -0.25) is 28.8 Å². The van der Waals surface area contributed by atoms with Gasteiger partial charge in [-0.15, -0.1) is 0 Å². The van der Waals surface area contributed by atoms with Crippen LogP contribution < -0.4 is 0 Å². The number of amides is 2. The Morgan fingerprint density at radius 2 is 1.09 bits per heavy atom. The number of rotatable bonds is 21. The number of aliphatic hydroxyl groups excluding tert-OH is 4. The number of ketones is 1. The van der Waals surface area contributed by atoms with Crippen molar-refractivity contribution in [3.05, 3.63) is 119 Å². The molecule has 642 valence electrons. The highest BCUT2D eigenvalue weighted by Gasteiger charge is 2.54. The number of aromatic nitrogens is 4. The maximum atomic E-state index is 14.3. The minimum absolute atomic E-state index is 0.0431. The zero-order valence-electron chi connectivity index (χ0n) is 71.0. The van der Waals surface area contributed by atoms with Gasteiger partial charge in [0.1, 0.15) is 34.9 Å². The number of imidazole rings is 2. The predicted octanol–water partition coefficient (Wildman–Crippen LogP) is 7.05. The van der Waals surface area contributed by atoms with Crippen molar-refractivity contribution in [1.82, 2.24) is 33.5 Å². The molecule has 0 bridgehead atoms. The number of methoxy groups -OCH3 is 1. The van der Waals surface area contributed by atoms with Crippen LogP contribution in [0.1, 0.15) is 148 Å². The molecule has 3 aliphatic rings. The number of carboxylic acid groups (broad SMARTS) is 2. The van der Waals surface area contributed by atoms with Gasteiger partial charge in [0.15, 0.2) is 30.9 Å². The van der Waals surface area contributed by atoms with Gasteiger partial charge in [-0.2, -0.15) is 0 Å². The Kier molecular flexibility index (Phi) is 34.5. The molecular weight excluding hydrogens is 1500 g/mol. The fourth-order valence-corrected chi connectivity index (χ4v) is 14.7. The molecule has 9 rings (SSSR count). The van der Waals surface area contributed by atoms with Gasteiger partial charge < -0.3 is 102 Å². The minimum atomic E-state index is -2.27. The van der Waals surface area contributed by atoms with Crippen LogP contribution in [0.2, 0.25) is 0 Å². The summed E-state index contributed by atoms with van der Waals surface area (Å²) in [6.45, 7) is 26.1. The van der Waals surface area contributed by atoms with Crippen LogP contribution in [0.15, 0.2) is 85.2 Å². The highest BCUT2D eigenvalue weighted by molar-refractivity contribution is 5.85. The second kappa shape index (κ2) is 41.6. The van der Waals surface area contributed by atoms with E-state index < -0.39 is 156 Å². The summed E-state index contributed by atoms with van der Waals surface area (Å²) in [6.07, 6.45) is -10.9. The standard InChI is InChI=1S/C43H75NO16.2C19H21N3O.C4H6O6/c1-15-29-43(11,52)36(48)24(5)33(47)22(3)20-41(9,51)38(25(6)34(26(7)39(50)57-29)59-32-21-42(10,53-14)37(49)27(8)56-32)60-40-35(28(44(12)13)19-23(4)55-40)58-31(46)18-17-30(45)54-16-2;2*1-13-5-8-15(9-6-13)19-16(11-18(23)21(3)4)22-12-14(2)7-10-17(22)20-19;5-1(3(7)8)2(6)4(9)10/h22-29,32,34-38,40,48-49,51-52H,15-21H2,1-14H3;2*5-10,12H,11H2,1-4H3;1-2,5-6H,(H,7,8)(H,9,10)/t22-,23-,24+,25+,26-,27+,28+,29-,32+,34+,35-,36-,37+,38-,40+,41-,42-,43-;;;/m1.../s1. The van der Waals surface area contributed by atoms with Crippen LogP contribution in [0.4, 0.5) is 0 Å². The maximum absolute atomic E-state index is 14.3. The van der Waals surface area contributed by atoms with Gasteiger partial charge in [0, 0.05) is 83.0 Å². The van der Waals surface area contributed by atoms with Crippen molar-refractivity contribution >= 4 is 58.7 Å². The molecule has 0 aliphatic carbocycles. The quantitative estimate of drug-likeness (QED) is 0.0264. The van der Waals surface area contributed by atoms with E-state index in [1.807, 2.05) is 85.2 Å². The molecular formula is C85H123N7O24. The third-order valence-corrected chi connectivity index (χ3v) is 21.7. The van der Waals surface area contributed by atoms with Gasteiger partial charge in [0.2, 0.25) is 11.8 Å². The lowest BCUT2D eigenvalue weighted by molar-refractivity contribution is -0.319.